The van der Waals surface area contributed by atoms with Crippen LogP contribution in [0.1, 0.15) is 34.1 Å². The number of hydrogen-bond acceptors (Lipinski definition) is 5. The number of carbonyl (C=O) groups excluding carboxylic acids is 2. The summed E-state index contributed by atoms with van der Waals surface area (Å²) in [6.07, 6.45) is 0. The summed E-state index contributed by atoms with van der Waals surface area (Å²) in [5, 5.41) is 2.12. The van der Waals surface area contributed by atoms with E-state index in [0.717, 1.165) is 35.0 Å². The minimum Gasteiger partial charge on any atom is -0.456 e. The summed E-state index contributed by atoms with van der Waals surface area (Å²) in [6, 6.07) is 8.46. The molecular formula is C21H18F2N2O3S. The largest absolute Gasteiger partial charge is 0.456 e. The van der Waals surface area contributed by atoms with Gasteiger partial charge in [0.15, 0.2) is 16.8 Å². The first kappa shape index (κ1) is 20.6. The summed E-state index contributed by atoms with van der Waals surface area (Å²) in [7, 11) is 0. The molecule has 5 nitrogen and oxygen atoms in total. The van der Waals surface area contributed by atoms with Crippen LogP contribution >= 0.6 is 11.3 Å². The molecule has 0 spiro atoms. The van der Waals surface area contributed by atoms with Gasteiger partial charge in [0.2, 0.25) is 5.91 Å². The number of rotatable bonds is 5. The Kier molecular flexibility index (Phi) is 6.03. The molecule has 1 aromatic heterocycles. The number of benzene rings is 2. The number of anilines is 2. The van der Waals surface area contributed by atoms with Crippen LogP contribution in [0.5, 0.6) is 0 Å². The molecule has 8 heteroatoms. The Morgan fingerprint density at radius 2 is 1.90 bits per heavy atom. The first-order valence-corrected chi connectivity index (χ1v) is 9.59. The van der Waals surface area contributed by atoms with Gasteiger partial charge in [0.25, 0.3) is 0 Å². The molecule has 0 saturated carbocycles. The SMILES string of the molecule is CC(=O)N(c1nc(COC(=O)c2ccc(F)c(F)c2)cs1)c1cccc(C)c1C. The molecule has 0 aliphatic rings. The summed E-state index contributed by atoms with van der Waals surface area (Å²) < 4.78 is 31.4. The van der Waals surface area contributed by atoms with Crippen molar-refractivity contribution < 1.29 is 23.1 Å². The second kappa shape index (κ2) is 8.48. The molecule has 0 radical (unpaired) electrons. The molecule has 150 valence electrons. The molecule has 0 aliphatic carbocycles. The van der Waals surface area contributed by atoms with Crippen molar-refractivity contribution in [3.63, 3.8) is 0 Å². The van der Waals surface area contributed by atoms with Crippen molar-refractivity contribution in [2.24, 2.45) is 0 Å². The van der Waals surface area contributed by atoms with E-state index in [-0.39, 0.29) is 18.1 Å². The lowest BCUT2D eigenvalue weighted by Gasteiger charge is -2.21. The highest BCUT2D eigenvalue weighted by Crippen LogP contribution is 2.32. The van der Waals surface area contributed by atoms with Crippen molar-refractivity contribution in [2.75, 3.05) is 4.90 Å². The van der Waals surface area contributed by atoms with E-state index in [1.54, 1.807) is 5.38 Å². The molecule has 0 bridgehead atoms. The van der Waals surface area contributed by atoms with Gasteiger partial charge in [-0.1, -0.05) is 12.1 Å². The Bertz CT molecular complexity index is 1080. The zero-order valence-electron chi connectivity index (χ0n) is 16.0. The van der Waals surface area contributed by atoms with Crippen LogP contribution in [-0.2, 0) is 16.1 Å². The minimum absolute atomic E-state index is 0.0971. The Morgan fingerprint density at radius 1 is 1.14 bits per heavy atom. The van der Waals surface area contributed by atoms with Crippen molar-refractivity contribution >= 4 is 34.0 Å². The van der Waals surface area contributed by atoms with Gasteiger partial charge < -0.3 is 4.74 Å². The average molecular weight is 416 g/mol. The van der Waals surface area contributed by atoms with Crippen LogP contribution in [0.15, 0.2) is 41.8 Å². The lowest BCUT2D eigenvalue weighted by molar-refractivity contribution is -0.115. The molecule has 0 unspecified atom stereocenters. The predicted octanol–water partition coefficient (Wildman–Crippen LogP) is 5.08. The molecule has 29 heavy (non-hydrogen) atoms. The predicted molar refractivity (Wildman–Crippen MR) is 106 cm³/mol. The van der Waals surface area contributed by atoms with Gasteiger partial charge in [-0.2, -0.15) is 0 Å². The summed E-state index contributed by atoms with van der Waals surface area (Å²) in [6.45, 7) is 5.18. The van der Waals surface area contributed by atoms with Gasteiger partial charge in [-0.05, 0) is 49.2 Å². The van der Waals surface area contributed by atoms with Crippen LogP contribution < -0.4 is 4.90 Å². The smallest absolute Gasteiger partial charge is 0.338 e. The van der Waals surface area contributed by atoms with Crippen LogP contribution in [0.4, 0.5) is 19.6 Å². The summed E-state index contributed by atoms with van der Waals surface area (Å²) >= 11 is 1.24. The molecule has 1 amide bonds. The van der Waals surface area contributed by atoms with Gasteiger partial charge in [-0.15, -0.1) is 11.3 Å². The molecule has 0 atom stereocenters. The number of esters is 1. The van der Waals surface area contributed by atoms with E-state index < -0.39 is 17.6 Å². The van der Waals surface area contributed by atoms with Crippen molar-refractivity contribution in [3.8, 4) is 0 Å². The van der Waals surface area contributed by atoms with E-state index >= 15 is 0 Å². The van der Waals surface area contributed by atoms with E-state index in [0.29, 0.717) is 10.8 Å². The molecule has 0 aliphatic heterocycles. The highest BCUT2D eigenvalue weighted by molar-refractivity contribution is 7.14. The van der Waals surface area contributed by atoms with Crippen molar-refractivity contribution in [3.05, 3.63) is 75.8 Å². The van der Waals surface area contributed by atoms with Gasteiger partial charge in [-0.25, -0.2) is 18.6 Å². The van der Waals surface area contributed by atoms with Gasteiger partial charge in [0.1, 0.15) is 6.61 Å². The molecule has 0 N–H and O–H groups in total. The number of hydrogen-bond donors (Lipinski definition) is 0. The lowest BCUT2D eigenvalue weighted by atomic mass is 10.1. The summed E-state index contributed by atoms with van der Waals surface area (Å²) in [4.78, 5) is 30.2. The maximum atomic E-state index is 13.3. The minimum atomic E-state index is -1.12. The first-order chi connectivity index (χ1) is 13.8. The number of nitrogens with zero attached hydrogens (tertiary/aromatic N) is 2. The lowest BCUT2D eigenvalue weighted by Crippen LogP contribution is -2.23. The average Bonchev–Trinajstić information content (AvgIpc) is 3.14. The van der Waals surface area contributed by atoms with Crippen LogP contribution in [0, 0.1) is 25.5 Å². The van der Waals surface area contributed by atoms with Crippen molar-refractivity contribution in [1.29, 1.82) is 0 Å². The van der Waals surface area contributed by atoms with Crippen LogP contribution in [0.3, 0.4) is 0 Å². The topological polar surface area (TPSA) is 59.5 Å². The van der Waals surface area contributed by atoms with E-state index in [9.17, 15) is 18.4 Å². The fourth-order valence-electron chi connectivity index (χ4n) is 2.70. The number of halogens is 2. The molecule has 0 saturated heterocycles. The van der Waals surface area contributed by atoms with E-state index in [1.165, 1.54) is 23.2 Å². The van der Waals surface area contributed by atoms with E-state index in [1.807, 2.05) is 32.0 Å². The fourth-order valence-corrected chi connectivity index (χ4v) is 3.56. The maximum Gasteiger partial charge on any atom is 0.338 e. The summed E-state index contributed by atoms with van der Waals surface area (Å²) in [5.74, 6) is -3.16. The van der Waals surface area contributed by atoms with Gasteiger partial charge in [-0.3, -0.25) is 9.69 Å². The van der Waals surface area contributed by atoms with Crippen molar-refractivity contribution in [2.45, 2.75) is 27.4 Å². The van der Waals surface area contributed by atoms with Gasteiger partial charge in [0.05, 0.1) is 16.9 Å². The van der Waals surface area contributed by atoms with E-state index in [2.05, 4.69) is 4.98 Å². The number of aromatic nitrogens is 1. The van der Waals surface area contributed by atoms with Gasteiger partial charge in [0, 0.05) is 12.3 Å². The highest BCUT2D eigenvalue weighted by atomic mass is 32.1. The third-order valence-corrected chi connectivity index (χ3v) is 5.24. The normalized spacial score (nSPS) is 10.7. The highest BCUT2D eigenvalue weighted by Gasteiger charge is 2.21. The monoisotopic (exact) mass is 416 g/mol. The van der Waals surface area contributed by atoms with E-state index in [4.69, 9.17) is 4.74 Å². The molecule has 1 heterocycles. The molecular weight excluding hydrogens is 398 g/mol. The number of amides is 1. The first-order valence-electron chi connectivity index (χ1n) is 8.71. The number of ether oxygens (including phenoxy) is 1. The standard InChI is InChI=1S/C21H18F2N2O3S/c1-12-5-4-6-19(13(12)2)25(14(3)26)21-24-16(11-29-21)10-28-20(27)15-7-8-17(22)18(23)9-15/h4-9,11H,10H2,1-3H3. The molecule has 2 aromatic carbocycles. The number of aryl methyl sites for hydroxylation is 1. The number of carbonyl (C=O) groups is 2. The van der Waals surface area contributed by atoms with Crippen LogP contribution in [-0.4, -0.2) is 16.9 Å². The number of thiazole rings is 1. The zero-order valence-corrected chi connectivity index (χ0v) is 16.8. The fraction of sp³-hybridized carbons (Fsp3) is 0.190. The third kappa shape index (κ3) is 4.48. The Morgan fingerprint density at radius 3 is 2.59 bits per heavy atom. The zero-order chi connectivity index (χ0) is 21.1. The Balaban J connectivity index is 1.76. The third-order valence-electron chi connectivity index (χ3n) is 4.37. The molecule has 3 aromatic rings. The molecule has 0 fully saturated rings. The van der Waals surface area contributed by atoms with Gasteiger partial charge >= 0.3 is 5.97 Å². The quantitative estimate of drug-likeness (QED) is 0.544. The molecule has 3 rings (SSSR count). The Labute approximate surface area is 170 Å². The maximum absolute atomic E-state index is 13.3. The Hall–Kier alpha value is -3.13. The second-order valence-corrected chi connectivity index (χ2v) is 7.24. The van der Waals surface area contributed by atoms with Crippen LogP contribution in [0.25, 0.3) is 0 Å². The second-order valence-electron chi connectivity index (χ2n) is 6.40. The summed E-state index contributed by atoms with van der Waals surface area (Å²) in [5.41, 5.74) is 3.09. The van der Waals surface area contributed by atoms with Crippen LogP contribution in [0.2, 0.25) is 0 Å². The van der Waals surface area contributed by atoms with Crippen molar-refractivity contribution in [1.82, 2.24) is 4.98 Å².